The van der Waals surface area contributed by atoms with Crippen LogP contribution >= 0.6 is 0 Å². The van der Waals surface area contributed by atoms with Crippen LogP contribution in [0.15, 0.2) is 128 Å². The largest absolute Gasteiger partial charge is 0.310 e. The van der Waals surface area contributed by atoms with Gasteiger partial charge in [-0.2, -0.15) is 10.5 Å². The number of fused-ring (bicyclic) bond motifs is 5. The molecule has 0 bridgehead atoms. The van der Waals surface area contributed by atoms with Gasteiger partial charge in [0.25, 0.3) is 0 Å². The Morgan fingerprint density at radius 3 is 2.04 bits per heavy atom. The molecule has 5 aromatic carbocycles. The lowest BCUT2D eigenvalue weighted by Crippen LogP contribution is -2.30. The summed E-state index contributed by atoms with van der Waals surface area (Å²) in [6.45, 7) is 4.56. The van der Waals surface area contributed by atoms with Gasteiger partial charge < -0.3 is 9.47 Å². The number of pyridine rings is 1. The van der Waals surface area contributed by atoms with Crippen molar-refractivity contribution in [2.75, 3.05) is 4.90 Å². The zero-order valence-electron chi connectivity index (χ0n) is 24.9. The van der Waals surface area contributed by atoms with Crippen molar-refractivity contribution < 1.29 is 0 Å². The summed E-state index contributed by atoms with van der Waals surface area (Å²) < 4.78 is 2.27. The molecule has 8 rings (SSSR count). The Morgan fingerprint density at radius 2 is 1.31 bits per heavy atom. The highest BCUT2D eigenvalue weighted by Crippen LogP contribution is 2.52. The summed E-state index contributed by atoms with van der Waals surface area (Å²) in [5, 5.41) is 22.1. The molecule has 0 radical (unpaired) electrons. The minimum Gasteiger partial charge on any atom is -0.310 e. The number of nitrogens with zero attached hydrogens (tertiary/aromatic N) is 5. The molecule has 45 heavy (non-hydrogen) atoms. The molecule has 5 heteroatoms. The summed E-state index contributed by atoms with van der Waals surface area (Å²) in [4.78, 5) is 6.78. The molecule has 0 spiro atoms. The highest BCUT2D eigenvalue weighted by atomic mass is 15.2. The second-order valence-electron chi connectivity index (χ2n) is 12.0. The lowest BCUT2D eigenvalue weighted by atomic mass is 9.73. The fourth-order valence-corrected chi connectivity index (χ4v) is 7.00. The van der Waals surface area contributed by atoms with E-state index in [0.717, 1.165) is 55.7 Å². The maximum atomic E-state index is 10.2. The van der Waals surface area contributed by atoms with Crippen LogP contribution < -0.4 is 4.90 Å². The molecule has 0 saturated carbocycles. The lowest BCUT2D eigenvalue weighted by molar-refractivity contribution is 0.632. The van der Waals surface area contributed by atoms with Gasteiger partial charge in [0.1, 0.15) is 0 Å². The van der Waals surface area contributed by atoms with Crippen LogP contribution in [-0.4, -0.2) is 9.55 Å². The fraction of sp³-hybridized carbons (Fsp3) is 0.0750. The number of rotatable bonds is 3. The van der Waals surface area contributed by atoms with E-state index in [9.17, 15) is 10.5 Å². The maximum Gasteiger partial charge on any atom is 0.0998 e. The topological polar surface area (TPSA) is 68.6 Å². The summed E-state index contributed by atoms with van der Waals surface area (Å²) in [6.07, 6.45) is 3.74. The Bertz CT molecular complexity index is 2300. The first-order valence-corrected chi connectivity index (χ1v) is 14.9. The SMILES string of the molecule is CC1(C)c2ccccc2N(c2cc(-c3cc(C#N)ccc3C#N)cc(-n3c4ccccc4c4cnccc43)c2)c2ccccc21. The molecule has 1 aliphatic rings. The van der Waals surface area contributed by atoms with E-state index in [4.69, 9.17) is 0 Å². The van der Waals surface area contributed by atoms with Gasteiger partial charge in [-0.05, 0) is 77.4 Å². The third kappa shape index (κ3) is 3.95. The molecule has 0 N–H and O–H groups in total. The van der Waals surface area contributed by atoms with Crippen LogP contribution in [0.25, 0.3) is 38.6 Å². The normalized spacial score (nSPS) is 13.2. The number of hydrogen-bond acceptors (Lipinski definition) is 4. The smallest absolute Gasteiger partial charge is 0.0998 e. The number of benzene rings is 5. The van der Waals surface area contributed by atoms with E-state index in [1.165, 1.54) is 11.1 Å². The number of anilines is 3. The molecule has 7 aromatic rings. The van der Waals surface area contributed by atoms with Crippen LogP contribution in [0.3, 0.4) is 0 Å². The first-order chi connectivity index (χ1) is 22.0. The van der Waals surface area contributed by atoms with E-state index in [1.54, 1.807) is 12.1 Å². The van der Waals surface area contributed by atoms with Crippen LogP contribution in [0.5, 0.6) is 0 Å². The minimum atomic E-state index is -0.195. The van der Waals surface area contributed by atoms with E-state index >= 15 is 0 Å². The van der Waals surface area contributed by atoms with Crippen molar-refractivity contribution in [3.05, 3.63) is 150 Å². The van der Waals surface area contributed by atoms with Crippen molar-refractivity contribution in [2.24, 2.45) is 0 Å². The zero-order valence-corrected chi connectivity index (χ0v) is 24.9. The van der Waals surface area contributed by atoms with Crippen molar-refractivity contribution in [1.29, 1.82) is 10.5 Å². The Morgan fingerprint density at radius 1 is 0.644 bits per heavy atom. The second-order valence-corrected chi connectivity index (χ2v) is 12.0. The van der Waals surface area contributed by atoms with Crippen molar-refractivity contribution in [3.63, 3.8) is 0 Å². The van der Waals surface area contributed by atoms with Crippen LogP contribution in [-0.2, 0) is 5.41 Å². The van der Waals surface area contributed by atoms with Gasteiger partial charge in [-0.25, -0.2) is 0 Å². The van der Waals surface area contributed by atoms with Crippen molar-refractivity contribution in [1.82, 2.24) is 9.55 Å². The molecule has 2 aromatic heterocycles. The van der Waals surface area contributed by atoms with E-state index in [-0.39, 0.29) is 5.41 Å². The third-order valence-electron chi connectivity index (χ3n) is 9.11. The molecule has 0 fully saturated rings. The fourth-order valence-electron chi connectivity index (χ4n) is 7.00. The predicted octanol–water partition coefficient (Wildman–Crippen LogP) is 9.70. The van der Waals surface area contributed by atoms with Gasteiger partial charge in [0.15, 0.2) is 0 Å². The Balaban J connectivity index is 1.49. The number of para-hydroxylation sites is 3. The summed E-state index contributed by atoms with van der Waals surface area (Å²) in [5.74, 6) is 0. The monoisotopic (exact) mass is 577 g/mol. The van der Waals surface area contributed by atoms with Gasteiger partial charge in [0.2, 0.25) is 0 Å². The standard InChI is InChI=1S/C40H27N5/c1-40(2)34-10-4-7-13-38(34)45(39-14-8-5-11-35(39)40)30-21-28(32-19-26(23-41)15-16-27(32)24-42)20-29(22-30)44-36-12-6-3-9-31(36)33-25-43-18-17-37(33)44/h3-22,25H,1-2H3. The van der Waals surface area contributed by atoms with Gasteiger partial charge in [-0.3, -0.25) is 4.98 Å². The maximum absolute atomic E-state index is 10.2. The van der Waals surface area contributed by atoms with E-state index in [2.05, 4.69) is 131 Å². The number of aromatic nitrogens is 2. The van der Waals surface area contributed by atoms with Crippen LogP contribution in [0.2, 0.25) is 0 Å². The summed E-state index contributed by atoms with van der Waals surface area (Å²) in [7, 11) is 0. The van der Waals surface area contributed by atoms with Gasteiger partial charge in [-0.1, -0.05) is 68.4 Å². The molecule has 5 nitrogen and oxygen atoms in total. The molecule has 1 aliphatic heterocycles. The number of nitriles is 2. The van der Waals surface area contributed by atoms with Gasteiger partial charge in [0, 0.05) is 45.5 Å². The number of hydrogen-bond donors (Lipinski definition) is 0. The Kier molecular flexibility index (Phi) is 5.85. The van der Waals surface area contributed by atoms with Gasteiger partial charge in [0.05, 0.1) is 45.7 Å². The van der Waals surface area contributed by atoms with Gasteiger partial charge in [-0.15, -0.1) is 0 Å². The summed E-state index contributed by atoms with van der Waals surface area (Å²) >= 11 is 0. The average Bonchev–Trinajstić information content (AvgIpc) is 3.42. The quantitative estimate of drug-likeness (QED) is 0.210. The summed E-state index contributed by atoms with van der Waals surface area (Å²) in [6, 6.07) is 44.0. The molecule has 212 valence electrons. The van der Waals surface area contributed by atoms with Crippen LogP contribution in [0.1, 0.15) is 36.1 Å². The summed E-state index contributed by atoms with van der Waals surface area (Å²) in [5.41, 5.74) is 11.1. The van der Waals surface area contributed by atoms with E-state index in [0.29, 0.717) is 11.1 Å². The molecular weight excluding hydrogens is 550 g/mol. The second kappa shape index (κ2) is 9.95. The highest BCUT2D eigenvalue weighted by molar-refractivity contribution is 6.09. The first kappa shape index (κ1) is 26.5. The van der Waals surface area contributed by atoms with Crippen LogP contribution in [0.4, 0.5) is 17.1 Å². The van der Waals surface area contributed by atoms with Crippen molar-refractivity contribution in [3.8, 4) is 29.0 Å². The first-order valence-electron chi connectivity index (χ1n) is 14.9. The Hall–Kier alpha value is -6.17. The van der Waals surface area contributed by atoms with Crippen molar-refractivity contribution >= 4 is 38.9 Å². The van der Waals surface area contributed by atoms with Crippen LogP contribution in [0, 0.1) is 22.7 Å². The molecule has 0 aliphatic carbocycles. The highest BCUT2D eigenvalue weighted by Gasteiger charge is 2.36. The minimum absolute atomic E-state index is 0.195. The lowest BCUT2D eigenvalue weighted by Gasteiger charge is -2.42. The molecule has 0 saturated heterocycles. The van der Waals surface area contributed by atoms with E-state index < -0.39 is 0 Å². The molecule has 0 unspecified atom stereocenters. The molecule has 0 amide bonds. The van der Waals surface area contributed by atoms with Crippen molar-refractivity contribution in [2.45, 2.75) is 19.3 Å². The average molecular weight is 578 g/mol. The van der Waals surface area contributed by atoms with E-state index in [1.807, 2.05) is 24.5 Å². The third-order valence-corrected chi connectivity index (χ3v) is 9.11. The predicted molar refractivity (Wildman–Crippen MR) is 180 cm³/mol. The molecule has 0 atom stereocenters. The molecule has 3 heterocycles. The Labute approximate surface area is 261 Å². The molecular formula is C40H27N5. The zero-order chi connectivity index (χ0) is 30.7. The van der Waals surface area contributed by atoms with Gasteiger partial charge >= 0.3 is 0 Å².